The first-order valence-electron chi connectivity index (χ1n) is 5.90. The summed E-state index contributed by atoms with van der Waals surface area (Å²) in [6.45, 7) is 0. The molecule has 5 nitrogen and oxygen atoms in total. The molecule has 0 radical (unpaired) electrons. The standard InChI is InChI=1S/C14H10FN3O2/c1-18-7-5-9-4-6-16-14(13(9)18)20-12-3-2-10(17-19)8-11(12)15/h2-8H,1H3. The van der Waals surface area contributed by atoms with Crippen molar-refractivity contribution in [1.82, 2.24) is 9.55 Å². The number of halogens is 1. The van der Waals surface area contributed by atoms with Crippen LogP contribution in [0.15, 0.2) is 47.9 Å². The van der Waals surface area contributed by atoms with Gasteiger partial charge in [0.2, 0.25) is 5.88 Å². The fraction of sp³-hybridized carbons (Fsp3) is 0.0714. The van der Waals surface area contributed by atoms with Crippen molar-refractivity contribution in [3.05, 3.63) is 53.4 Å². The number of pyridine rings is 1. The van der Waals surface area contributed by atoms with Gasteiger partial charge in [0.25, 0.3) is 0 Å². The van der Waals surface area contributed by atoms with E-state index < -0.39 is 5.82 Å². The molecule has 0 spiro atoms. The van der Waals surface area contributed by atoms with E-state index in [1.54, 1.807) is 6.20 Å². The van der Waals surface area contributed by atoms with E-state index in [9.17, 15) is 9.30 Å². The SMILES string of the molecule is Cn1ccc2ccnc(Oc3ccc(N=O)cc3F)c21. The summed E-state index contributed by atoms with van der Waals surface area (Å²) in [7, 11) is 1.85. The number of aryl methyl sites for hydroxylation is 1. The highest BCUT2D eigenvalue weighted by molar-refractivity contribution is 5.84. The number of fused-ring (bicyclic) bond motifs is 1. The number of ether oxygens (including phenoxy) is 1. The number of nitroso groups, excluding NO2 is 1. The second-order valence-corrected chi connectivity index (χ2v) is 4.29. The number of hydrogen-bond donors (Lipinski definition) is 0. The fourth-order valence-electron chi connectivity index (χ4n) is 2.01. The molecular weight excluding hydrogens is 261 g/mol. The molecule has 0 saturated carbocycles. The van der Waals surface area contributed by atoms with E-state index in [4.69, 9.17) is 4.74 Å². The molecule has 6 heteroatoms. The Hall–Kier alpha value is -2.76. The fourth-order valence-corrected chi connectivity index (χ4v) is 2.01. The normalized spacial score (nSPS) is 10.7. The van der Waals surface area contributed by atoms with Gasteiger partial charge < -0.3 is 9.30 Å². The van der Waals surface area contributed by atoms with Gasteiger partial charge in [-0.2, -0.15) is 0 Å². The third-order valence-corrected chi connectivity index (χ3v) is 2.98. The molecule has 0 aliphatic heterocycles. The van der Waals surface area contributed by atoms with Crippen LogP contribution in [0.2, 0.25) is 0 Å². The van der Waals surface area contributed by atoms with Crippen molar-refractivity contribution in [1.29, 1.82) is 0 Å². The van der Waals surface area contributed by atoms with E-state index >= 15 is 0 Å². The lowest BCUT2D eigenvalue weighted by Gasteiger charge is -2.08. The summed E-state index contributed by atoms with van der Waals surface area (Å²) >= 11 is 0. The Balaban J connectivity index is 2.05. The van der Waals surface area contributed by atoms with Crippen LogP contribution in [-0.2, 0) is 7.05 Å². The average Bonchev–Trinajstić information content (AvgIpc) is 2.84. The molecule has 2 heterocycles. The molecular formula is C14H10FN3O2. The summed E-state index contributed by atoms with van der Waals surface area (Å²) in [5.74, 6) is -0.352. The summed E-state index contributed by atoms with van der Waals surface area (Å²) < 4.78 is 21.1. The molecule has 0 aliphatic carbocycles. The lowest BCUT2D eigenvalue weighted by molar-refractivity contribution is 0.430. The lowest BCUT2D eigenvalue weighted by Crippen LogP contribution is -1.94. The minimum atomic E-state index is -0.657. The zero-order valence-electron chi connectivity index (χ0n) is 10.6. The molecule has 100 valence electrons. The van der Waals surface area contributed by atoms with Crippen LogP contribution >= 0.6 is 0 Å². The minimum absolute atomic E-state index is 0.00130. The van der Waals surface area contributed by atoms with Crippen LogP contribution in [0.5, 0.6) is 11.6 Å². The summed E-state index contributed by atoms with van der Waals surface area (Å²) in [6.07, 6.45) is 3.46. The van der Waals surface area contributed by atoms with Crippen molar-refractivity contribution >= 4 is 16.6 Å². The maximum atomic E-state index is 13.8. The Morgan fingerprint density at radius 1 is 1.30 bits per heavy atom. The summed E-state index contributed by atoms with van der Waals surface area (Å²) in [5, 5.41) is 3.62. The molecule has 2 aromatic heterocycles. The minimum Gasteiger partial charge on any atom is -0.434 e. The van der Waals surface area contributed by atoms with Crippen molar-refractivity contribution in [3.8, 4) is 11.6 Å². The van der Waals surface area contributed by atoms with Crippen LogP contribution < -0.4 is 4.74 Å². The second kappa shape index (κ2) is 4.73. The van der Waals surface area contributed by atoms with Gasteiger partial charge in [0.05, 0.1) is 0 Å². The van der Waals surface area contributed by atoms with Crippen LogP contribution in [0.25, 0.3) is 10.9 Å². The van der Waals surface area contributed by atoms with Gasteiger partial charge in [-0.05, 0) is 29.4 Å². The van der Waals surface area contributed by atoms with Crippen molar-refractivity contribution in [2.24, 2.45) is 12.2 Å². The molecule has 0 saturated heterocycles. The van der Waals surface area contributed by atoms with E-state index in [-0.39, 0.29) is 11.4 Å². The monoisotopic (exact) mass is 271 g/mol. The van der Waals surface area contributed by atoms with Crippen LogP contribution in [0.4, 0.5) is 10.1 Å². The van der Waals surface area contributed by atoms with E-state index in [1.807, 2.05) is 29.9 Å². The van der Waals surface area contributed by atoms with Crippen LogP contribution in [-0.4, -0.2) is 9.55 Å². The third-order valence-electron chi connectivity index (χ3n) is 2.98. The zero-order chi connectivity index (χ0) is 14.1. The zero-order valence-corrected chi connectivity index (χ0v) is 10.6. The van der Waals surface area contributed by atoms with Crippen molar-refractivity contribution in [2.45, 2.75) is 0 Å². The first kappa shape index (κ1) is 12.3. The smallest absolute Gasteiger partial charge is 0.244 e. The lowest BCUT2D eigenvalue weighted by atomic mass is 10.3. The Labute approximate surface area is 113 Å². The molecule has 0 aliphatic rings. The number of hydrogen-bond acceptors (Lipinski definition) is 4. The van der Waals surface area contributed by atoms with Crippen molar-refractivity contribution < 1.29 is 9.13 Å². The van der Waals surface area contributed by atoms with Gasteiger partial charge in [0.1, 0.15) is 11.2 Å². The van der Waals surface area contributed by atoms with E-state index in [0.717, 1.165) is 17.0 Å². The van der Waals surface area contributed by atoms with Crippen molar-refractivity contribution in [2.75, 3.05) is 0 Å². The molecule has 0 unspecified atom stereocenters. The molecule has 1 aromatic carbocycles. The van der Waals surface area contributed by atoms with Gasteiger partial charge in [-0.3, -0.25) is 0 Å². The summed E-state index contributed by atoms with van der Waals surface area (Å²) in [4.78, 5) is 14.5. The Morgan fingerprint density at radius 3 is 2.90 bits per heavy atom. The maximum Gasteiger partial charge on any atom is 0.244 e. The van der Waals surface area contributed by atoms with Gasteiger partial charge in [-0.1, -0.05) is 0 Å². The molecule has 20 heavy (non-hydrogen) atoms. The number of benzene rings is 1. The Kier molecular flexibility index (Phi) is 2.90. The summed E-state index contributed by atoms with van der Waals surface area (Å²) in [5.41, 5.74) is 0.782. The first-order valence-corrected chi connectivity index (χ1v) is 5.90. The van der Waals surface area contributed by atoms with Crippen LogP contribution in [0.1, 0.15) is 0 Å². The van der Waals surface area contributed by atoms with Gasteiger partial charge in [0, 0.05) is 30.9 Å². The van der Waals surface area contributed by atoms with Crippen LogP contribution in [0.3, 0.4) is 0 Å². The molecule has 0 amide bonds. The highest BCUT2D eigenvalue weighted by atomic mass is 19.1. The molecule has 0 fully saturated rings. The molecule has 0 bridgehead atoms. The topological polar surface area (TPSA) is 56.5 Å². The number of aromatic nitrogens is 2. The largest absolute Gasteiger partial charge is 0.434 e. The van der Waals surface area contributed by atoms with E-state index in [0.29, 0.717) is 5.88 Å². The Bertz CT molecular complexity index is 798. The first-order chi connectivity index (χ1) is 9.69. The number of nitrogens with zero attached hydrogens (tertiary/aromatic N) is 3. The second-order valence-electron chi connectivity index (χ2n) is 4.29. The molecule has 0 N–H and O–H groups in total. The maximum absolute atomic E-state index is 13.8. The average molecular weight is 271 g/mol. The van der Waals surface area contributed by atoms with Gasteiger partial charge in [-0.25, -0.2) is 9.37 Å². The quantitative estimate of drug-likeness (QED) is 0.679. The molecule has 3 aromatic rings. The predicted molar refractivity (Wildman–Crippen MR) is 72.6 cm³/mol. The summed E-state index contributed by atoms with van der Waals surface area (Å²) in [6, 6.07) is 7.52. The highest BCUT2D eigenvalue weighted by Crippen LogP contribution is 2.31. The predicted octanol–water partition coefficient (Wildman–Crippen LogP) is 3.90. The van der Waals surface area contributed by atoms with Gasteiger partial charge in [0.15, 0.2) is 11.6 Å². The van der Waals surface area contributed by atoms with E-state index in [1.165, 1.54) is 12.1 Å². The van der Waals surface area contributed by atoms with Crippen molar-refractivity contribution in [3.63, 3.8) is 0 Å². The molecule has 0 atom stereocenters. The third kappa shape index (κ3) is 2.01. The van der Waals surface area contributed by atoms with Gasteiger partial charge >= 0.3 is 0 Å². The van der Waals surface area contributed by atoms with E-state index in [2.05, 4.69) is 10.2 Å². The molecule has 3 rings (SSSR count). The Morgan fingerprint density at radius 2 is 2.15 bits per heavy atom. The van der Waals surface area contributed by atoms with Gasteiger partial charge in [-0.15, -0.1) is 4.91 Å². The highest BCUT2D eigenvalue weighted by Gasteiger charge is 2.11. The number of rotatable bonds is 3. The van der Waals surface area contributed by atoms with Crippen LogP contribution in [0, 0.1) is 10.7 Å².